The van der Waals surface area contributed by atoms with E-state index in [1.807, 2.05) is 17.3 Å². The van der Waals surface area contributed by atoms with E-state index in [9.17, 15) is 9.59 Å². The molecule has 3 heterocycles. The number of piperidine rings is 2. The Bertz CT molecular complexity index is 1400. The summed E-state index contributed by atoms with van der Waals surface area (Å²) in [7, 11) is 0. The Morgan fingerprint density at radius 1 is 0.950 bits per heavy atom. The van der Waals surface area contributed by atoms with Gasteiger partial charge in [-0.25, -0.2) is 4.39 Å². The van der Waals surface area contributed by atoms with Crippen molar-refractivity contribution in [2.45, 2.75) is 51.0 Å². The van der Waals surface area contributed by atoms with E-state index in [2.05, 4.69) is 27.3 Å². The Balaban J connectivity index is 1.13. The summed E-state index contributed by atoms with van der Waals surface area (Å²) in [6.45, 7) is 3.27. The number of benzene rings is 2. The number of aryl methyl sites for hydroxylation is 1. The maximum Gasteiger partial charge on any atom is 0.256 e. The molecule has 1 aliphatic carbocycles. The monoisotopic (exact) mass is 560 g/mol. The number of anilines is 1. The fraction of sp³-hybridized carbons (Fsp3) is 0.406. The predicted octanol–water partition coefficient (Wildman–Crippen LogP) is 6.20. The van der Waals surface area contributed by atoms with Crippen molar-refractivity contribution in [3.63, 3.8) is 0 Å². The number of pyridine rings is 1. The van der Waals surface area contributed by atoms with E-state index < -0.39 is 5.82 Å². The fourth-order valence-electron chi connectivity index (χ4n) is 6.67. The lowest BCUT2D eigenvalue weighted by atomic mass is 9.71. The topological polar surface area (TPSA) is 65.5 Å². The van der Waals surface area contributed by atoms with Crippen molar-refractivity contribution in [3.8, 4) is 0 Å². The SMILES string of the molecule is O=C(N[C@@H]1CCCc2cc(F)c(C(=O)N3CCC4(CC3)CCN(c3ccncc3)CC4)cc21)c1ccccc1Cl. The zero-order valence-electron chi connectivity index (χ0n) is 22.5. The van der Waals surface area contributed by atoms with Crippen molar-refractivity contribution in [1.29, 1.82) is 0 Å². The maximum atomic E-state index is 15.3. The van der Waals surface area contributed by atoms with Crippen LogP contribution in [0.2, 0.25) is 5.02 Å². The second kappa shape index (κ2) is 11.2. The average molecular weight is 561 g/mol. The minimum Gasteiger partial charge on any atom is -0.371 e. The molecule has 1 aromatic heterocycles. The number of amides is 2. The van der Waals surface area contributed by atoms with Crippen molar-refractivity contribution in [1.82, 2.24) is 15.2 Å². The molecule has 2 saturated heterocycles. The molecule has 208 valence electrons. The third-order valence-corrected chi connectivity index (χ3v) is 9.49. The predicted molar refractivity (Wildman–Crippen MR) is 154 cm³/mol. The third-order valence-electron chi connectivity index (χ3n) is 9.16. The summed E-state index contributed by atoms with van der Waals surface area (Å²) in [6.07, 6.45) is 10.0. The first-order valence-electron chi connectivity index (χ1n) is 14.2. The second-order valence-electron chi connectivity index (χ2n) is 11.4. The van der Waals surface area contributed by atoms with Crippen LogP contribution in [0.4, 0.5) is 10.1 Å². The Kier molecular flexibility index (Phi) is 7.49. The number of nitrogens with zero attached hydrogens (tertiary/aromatic N) is 3. The number of nitrogens with one attached hydrogen (secondary N) is 1. The number of hydrogen-bond acceptors (Lipinski definition) is 4. The highest BCUT2D eigenvalue weighted by Gasteiger charge is 2.39. The van der Waals surface area contributed by atoms with Crippen LogP contribution in [0, 0.1) is 11.2 Å². The minimum absolute atomic E-state index is 0.0982. The highest BCUT2D eigenvalue weighted by molar-refractivity contribution is 6.33. The van der Waals surface area contributed by atoms with Crippen LogP contribution in [0.25, 0.3) is 0 Å². The Morgan fingerprint density at radius 3 is 2.38 bits per heavy atom. The molecule has 1 atom stereocenters. The van der Waals surface area contributed by atoms with Crippen LogP contribution in [0.1, 0.15) is 76.4 Å². The summed E-state index contributed by atoms with van der Waals surface area (Å²) in [4.78, 5) is 34.9. The second-order valence-corrected chi connectivity index (χ2v) is 11.8. The summed E-state index contributed by atoms with van der Waals surface area (Å²) in [5, 5.41) is 3.46. The van der Waals surface area contributed by atoms with Crippen LogP contribution in [0.5, 0.6) is 0 Å². The van der Waals surface area contributed by atoms with Crippen LogP contribution in [-0.2, 0) is 6.42 Å². The van der Waals surface area contributed by atoms with Crippen molar-refractivity contribution < 1.29 is 14.0 Å². The molecule has 6 rings (SSSR count). The van der Waals surface area contributed by atoms with Gasteiger partial charge in [0.05, 0.1) is 22.2 Å². The van der Waals surface area contributed by atoms with Gasteiger partial charge in [-0.1, -0.05) is 23.7 Å². The molecule has 8 heteroatoms. The van der Waals surface area contributed by atoms with Crippen molar-refractivity contribution in [2.75, 3.05) is 31.1 Å². The van der Waals surface area contributed by atoms with Gasteiger partial charge in [0.25, 0.3) is 11.8 Å². The quantitative estimate of drug-likeness (QED) is 0.412. The maximum absolute atomic E-state index is 15.3. The Morgan fingerprint density at radius 2 is 1.65 bits per heavy atom. The van der Waals surface area contributed by atoms with Gasteiger partial charge in [0.1, 0.15) is 5.82 Å². The molecular formula is C32H34ClFN4O2. The number of carbonyl (C=O) groups is 2. The van der Waals surface area contributed by atoms with E-state index in [-0.39, 0.29) is 28.8 Å². The molecule has 6 nitrogen and oxygen atoms in total. The molecule has 0 radical (unpaired) electrons. The van der Waals surface area contributed by atoms with E-state index in [0.717, 1.165) is 69.2 Å². The fourth-order valence-corrected chi connectivity index (χ4v) is 6.89. The molecule has 0 bridgehead atoms. The highest BCUT2D eigenvalue weighted by Crippen LogP contribution is 2.42. The smallest absolute Gasteiger partial charge is 0.256 e. The largest absolute Gasteiger partial charge is 0.371 e. The number of aromatic nitrogens is 1. The molecule has 1 spiro atoms. The summed E-state index contributed by atoms with van der Waals surface area (Å²) in [5.41, 5.74) is 3.63. The van der Waals surface area contributed by atoms with E-state index in [1.165, 1.54) is 11.8 Å². The van der Waals surface area contributed by atoms with Crippen LogP contribution >= 0.6 is 11.6 Å². The molecule has 2 amide bonds. The van der Waals surface area contributed by atoms with Crippen molar-refractivity contribution in [2.24, 2.45) is 5.41 Å². The first-order valence-corrected chi connectivity index (χ1v) is 14.6. The first-order chi connectivity index (χ1) is 19.4. The number of rotatable bonds is 4. The summed E-state index contributed by atoms with van der Waals surface area (Å²) in [5.74, 6) is -1.00. The molecule has 40 heavy (non-hydrogen) atoms. The third kappa shape index (κ3) is 5.31. The van der Waals surface area contributed by atoms with Gasteiger partial charge < -0.3 is 15.1 Å². The molecule has 3 aromatic rings. The van der Waals surface area contributed by atoms with Crippen molar-refractivity contribution >= 4 is 29.1 Å². The summed E-state index contributed by atoms with van der Waals surface area (Å²) < 4.78 is 15.3. The molecular weight excluding hydrogens is 527 g/mol. The molecule has 0 unspecified atom stereocenters. The van der Waals surface area contributed by atoms with Gasteiger partial charge in [0, 0.05) is 44.3 Å². The number of likely N-dealkylation sites (tertiary alicyclic amines) is 1. The van der Waals surface area contributed by atoms with Gasteiger partial charge >= 0.3 is 0 Å². The molecule has 0 saturated carbocycles. The normalized spacial score (nSPS) is 20.2. The lowest BCUT2D eigenvalue weighted by Gasteiger charge is -2.47. The average Bonchev–Trinajstić information content (AvgIpc) is 2.98. The van der Waals surface area contributed by atoms with Crippen LogP contribution in [-0.4, -0.2) is 47.9 Å². The van der Waals surface area contributed by atoms with E-state index in [1.54, 1.807) is 30.3 Å². The molecule has 2 aliphatic heterocycles. The lowest BCUT2D eigenvalue weighted by molar-refractivity contribution is 0.0511. The minimum atomic E-state index is -0.479. The van der Waals surface area contributed by atoms with E-state index >= 15 is 4.39 Å². The van der Waals surface area contributed by atoms with Gasteiger partial charge in [0.2, 0.25) is 0 Å². The molecule has 1 N–H and O–H groups in total. The molecule has 2 aromatic carbocycles. The lowest BCUT2D eigenvalue weighted by Crippen LogP contribution is -2.48. The number of halogens is 2. The first kappa shape index (κ1) is 26.8. The highest BCUT2D eigenvalue weighted by atomic mass is 35.5. The van der Waals surface area contributed by atoms with Crippen LogP contribution in [0.3, 0.4) is 0 Å². The number of hydrogen-bond donors (Lipinski definition) is 1. The Hall–Kier alpha value is -3.45. The van der Waals surface area contributed by atoms with Gasteiger partial charge in [-0.15, -0.1) is 0 Å². The van der Waals surface area contributed by atoms with Crippen LogP contribution < -0.4 is 10.2 Å². The standard InChI is InChI=1S/C32H34ClFN4O2/c33-27-6-2-1-5-24(27)30(39)36-29-7-3-4-22-20-28(34)26(21-25(22)29)31(40)38-18-12-32(13-19-38)10-16-37(17-11-32)23-8-14-35-15-9-23/h1-2,5-6,8-9,14-15,20-21,29H,3-4,7,10-13,16-19H2,(H,36,39)/t29-/m1/s1. The van der Waals surface area contributed by atoms with Gasteiger partial charge in [-0.05, 0) is 97.9 Å². The number of carbonyl (C=O) groups excluding carboxylic acids is 2. The van der Waals surface area contributed by atoms with Crippen molar-refractivity contribution in [3.05, 3.63) is 94.0 Å². The molecule has 2 fully saturated rings. The van der Waals surface area contributed by atoms with Crippen LogP contribution in [0.15, 0.2) is 60.9 Å². The molecule has 3 aliphatic rings. The van der Waals surface area contributed by atoms with E-state index in [4.69, 9.17) is 11.6 Å². The zero-order valence-corrected chi connectivity index (χ0v) is 23.3. The van der Waals surface area contributed by atoms with Gasteiger partial charge in [-0.3, -0.25) is 14.6 Å². The Labute approximate surface area is 239 Å². The zero-order chi connectivity index (χ0) is 27.7. The van der Waals surface area contributed by atoms with E-state index in [0.29, 0.717) is 23.7 Å². The summed E-state index contributed by atoms with van der Waals surface area (Å²) in [6, 6.07) is 13.9. The van der Waals surface area contributed by atoms with Gasteiger partial charge in [-0.2, -0.15) is 0 Å². The van der Waals surface area contributed by atoms with Gasteiger partial charge in [0.15, 0.2) is 0 Å². The summed E-state index contributed by atoms with van der Waals surface area (Å²) >= 11 is 6.23. The number of fused-ring (bicyclic) bond motifs is 1.